The molecule has 1 aliphatic heterocycles. The number of benzene rings is 1. The van der Waals surface area contributed by atoms with Gasteiger partial charge in [-0.2, -0.15) is 10.1 Å². The first-order valence-corrected chi connectivity index (χ1v) is 10.4. The van der Waals surface area contributed by atoms with E-state index in [1.165, 1.54) is 11.2 Å². The fourth-order valence-electron chi connectivity index (χ4n) is 4.08. The van der Waals surface area contributed by atoms with E-state index < -0.39 is 12.6 Å². The van der Waals surface area contributed by atoms with Crippen LogP contribution in [0.2, 0.25) is 0 Å². The fourth-order valence-corrected chi connectivity index (χ4v) is 4.91. The minimum Gasteiger partial charge on any atom is -0.482 e. The molecule has 0 saturated carbocycles. The number of carboxylic acid groups (broad SMARTS) is 1. The number of carbonyl (C=O) groups excluding carboxylic acids is 1. The Morgan fingerprint density at radius 2 is 2.10 bits per heavy atom. The van der Waals surface area contributed by atoms with Gasteiger partial charge in [0.1, 0.15) is 18.1 Å². The van der Waals surface area contributed by atoms with Crippen LogP contribution >= 0.6 is 11.3 Å². The molecular formula is C21H18N4O4S. The standard InChI is InChI=1S/C21H18N4O4S/c26-16-9-13(17-2-1-7-30-17)8-15-19(16)20(25-21(24-15)22-11-23-25)12-3-5-14(6-4-12)29-10-18(27)28/h1-7,11,13,20H,8-10H2,(H,27,28)(H,22,23,24)/t13-,20-/m0/s1. The third-order valence-corrected chi connectivity index (χ3v) is 6.40. The summed E-state index contributed by atoms with van der Waals surface area (Å²) in [7, 11) is 0. The molecule has 5 rings (SSSR count). The quantitative estimate of drug-likeness (QED) is 0.650. The average molecular weight is 422 g/mol. The van der Waals surface area contributed by atoms with Crippen LogP contribution in [0.5, 0.6) is 5.75 Å². The van der Waals surface area contributed by atoms with Gasteiger partial charge in [0.05, 0.1) is 0 Å². The molecule has 1 aromatic carbocycles. The lowest BCUT2D eigenvalue weighted by atomic mass is 9.80. The molecular weight excluding hydrogens is 404 g/mol. The molecule has 2 aliphatic rings. The van der Waals surface area contributed by atoms with Gasteiger partial charge in [-0.25, -0.2) is 9.48 Å². The molecule has 0 fully saturated rings. The number of carbonyl (C=O) groups is 2. The fraction of sp³-hybridized carbons (Fsp3) is 0.238. The van der Waals surface area contributed by atoms with E-state index in [4.69, 9.17) is 9.84 Å². The van der Waals surface area contributed by atoms with E-state index in [2.05, 4.69) is 21.5 Å². The van der Waals surface area contributed by atoms with Gasteiger partial charge in [0.15, 0.2) is 12.4 Å². The predicted molar refractivity (Wildman–Crippen MR) is 110 cm³/mol. The highest BCUT2D eigenvalue weighted by Crippen LogP contribution is 2.44. The molecule has 2 atom stereocenters. The minimum absolute atomic E-state index is 0.0968. The van der Waals surface area contributed by atoms with Crippen LogP contribution in [0.15, 0.2) is 59.4 Å². The second kappa shape index (κ2) is 7.42. The number of carboxylic acids is 1. The second-order valence-electron chi connectivity index (χ2n) is 7.24. The summed E-state index contributed by atoms with van der Waals surface area (Å²) < 4.78 is 6.94. The van der Waals surface area contributed by atoms with E-state index in [9.17, 15) is 9.59 Å². The van der Waals surface area contributed by atoms with Gasteiger partial charge in [-0.05, 0) is 35.6 Å². The number of rotatable bonds is 5. The Balaban J connectivity index is 1.51. The number of ether oxygens (including phenoxy) is 1. The molecule has 0 saturated heterocycles. The van der Waals surface area contributed by atoms with Gasteiger partial charge in [0.25, 0.3) is 0 Å². The number of fused-ring (bicyclic) bond motifs is 1. The molecule has 3 aromatic rings. The average Bonchev–Trinajstić information content (AvgIpc) is 3.43. The zero-order valence-corrected chi connectivity index (χ0v) is 16.6. The van der Waals surface area contributed by atoms with Crippen LogP contribution in [0, 0.1) is 0 Å². The topological polar surface area (TPSA) is 106 Å². The van der Waals surface area contributed by atoms with Gasteiger partial charge in [-0.15, -0.1) is 11.3 Å². The van der Waals surface area contributed by atoms with Crippen molar-refractivity contribution in [3.8, 4) is 5.75 Å². The highest BCUT2D eigenvalue weighted by Gasteiger charge is 2.39. The van der Waals surface area contributed by atoms with Crippen LogP contribution in [-0.2, 0) is 9.59 Å². The van der Waals surface area contributed by atoms with Gasteiger partial charge in [-0.3, -0.25) is 4.79 Å². The highest BCUT2D eigenvalue weighted by atomic mass is 32.1. The largest absolute Gasteiger partial charge is 0.482 e. The summed E-state index contributed by atoms with van der Waals surface area (Å²) >= 11 is 1.67. The molecule has 30 heavy (non-hydrogen) atoms. The van der Waals surface area contributed by atoms with Gasteiger partial charge >= 0.3 is 5.97 Å². The van der Waals surface area contributed by atoms with E-state index in [0.29, 0.717) is 23.7 Å². The SMILES string of the molecule is O=C(O)COc1ccc([C@H]2C3=C(C[C@H](c4cccs4)CC3=O)Nc3ncnn32)cc1. The number of ketones is 1. The first-order valence-electron chi connectivity index (χ1n) is 9.51. The zero-order chi connectivity index (χ0) is 20.7. The van der Waals surface area contributed by atoms with Crippen molar-refractivity contribution in [2.45, 2.75) is 24.8 Å². The molecule has 0 bridgehead atoms. The Morgan fingerprint density at radius 1 is 1.27 bits per heavy atom. The summed E-state index contributed by atoms with van der Waals surface area (Å²) in [4.78, 5) is 29.5. The molecule has 152 valence electrons. The van der Waals surface area contributed by atoms with Crippen LogP contribution in [-0.4, -0.2) is 38.2 Å². The molecule has 0 radical (unpaired) electrons. The molecule has 1 aliphatic carbocycles. The van der Waals surface area contributed by atoms with E-state index in [1.807, 2.05) is 23.6 Å². The Morgan fingerprint density at radius 3 is 2.83 bits per heavy atom. The number of aliphatic carboxylic acids is 1. The molecule has 8 nitrogen and oxygen atoms in total. The van der Waals surface area contributed by atoms with E-state index >= 15 is 0 Å². The molecule has 3 heterocycles. The normalized spacial score (nSPS) is 20.3. The van der Waals surface area contributed by atoms with E-state index in [-0.39, 0.29) is 17.7 Å². The van der Waals surface area contributed by atoms with Crippen LogP contribution in [0.25, 0.3) is 0 Å². The van der Waals surface area contributed by atoms with Gasteiger partial charge < -0.3 is 15.2 Å². The van der Waals surface area contributed by atoms with E-state index in [1.54, 1.807) is 28.2 Å². The monoisotopic (exact) mass is 422 g/mol. The maximum absolute atomic E-state index is 13.2. The third kappa shape index (κ3) is 3.26. The molecule has 0 unspecified atom stereocenters. The summed E-state index contributed by atoms with van der Waals surface area (Å²) in [6, 6.07) is 10.8. The van der Waals surface area contributed by atoms with Crippen molar-refractivity contribution in [2.75, 3.05) is 11.9 Å². The Hall–Kier alpha value is -3.46. The Bertz CT molecular complexity index is 1130. The zero-order valence-electron chi connectivity index (χ0n) is 15.8. The summed E-state index contributed by atoms with van der Waals surface area (Å²) in [5, 5.41) is 18.5. The van der Waals surface area contributed by atoms with Crippen molar-refractivity contribution >= 4 is 29.0 Å². The van der Waals surface area contributed by atoms with Crippen LogP contribution in [0.3, 0.4) is 0 Å². The molecule has 2 aromatic heterocycles. The van der Waals surface area contributed by atoms with Crippen LogP contribution < -0.4 is 10.1 Å². The maximum atomic E-state index is 13.2. The number of aromatic nitrogens is 3. The minimum atomic E-state index is -1.03. The number of nitrogens with one attached hydrogen (secondary N) is 1. The molecule has 0 amide bonds. The molecule has 0 spiro atoms. The van der Waals surface area contributed by atoms with Crippen molar-refractivity contribution in [3.05, 3.63) is 69.8 Å². The number of thiophene rings is 1. The number of hydrogen-bond acceptors (Lipinski definition) is 7. The highest BCUT2D eigenvalue weighted by molar-refractivity contribution is 7.10. The lowest BCUT2D eigenvalue weighted by Gasteiger charge is -2.34. The van der Waals surface area contributed by atoms with Crippen molar-refractivity contribution in [1.82, 2.24) is 14.8 Å². The smallest absolute Gasteiger partial charge is 0.341 e. The van der Waals surface area contributed by atoms with Crippen molar-refractivity contribution < 1.29 is 19.4 Å². The molecule has 9 heteroatoms. The van der Waals surface area contributed by atoms with Crippen LogP contribution in [0.1, 0.15) is 35.2 Å². The maximum Gasteiger partial charge on any atom is 0.341 e. The second-order valence-corrected chi connectivity index (χ2v) is 8.22. The lowest BCUT2D eigenvalue weighted by Crippen LogP contribution is -2.33. The Kier molecular flexibility index (Phi) is 4.59. The number of anilines is 1. The first-order chi connectivity index (χ1) is 14.6. The third-order valence-electron chi connectivity index (χ3n) is 5.37. The number of hydrogen-bond donors (Lipinski definition) is 2. The lowest BCUT2D eigenvalue weighted by molar-refractivity contribution is -0.139. The number of Topliss-reactive ketones (excluding diaryl/α,β-unsaturated/α-hetero) is 1. The Labute approximate surface area is 175 Å². The molecule has 2 N–H and O–H groups in total. The van der Waals surface area contributed by atoms with Gasteiger partial charge in [0.2, 0.25) is 5.95 Å². The van der Waals surface area contributed by atoms with Crippen molar-refractivity contribution in [3.63, 3.8) is 0 Å². The summed E-state index contributed by atoms with van der Waals surface area (Å²) in [6.07, 6.45) is 2.67. The number of nitrogens with zero attached hydrogens (tertiary/aromatic N) is 3. The number of allylic oxidation sites excluding steroid dienone is 2. The van der Waals surface area contributed by atoms with Gasteiger partial charge in [-0.1, -0.05) is 18.2 Å². The summed E-state index contributed by atoms with van der Waals surface area (Å²) in [5.41, 5.74) is 2.46. The van der Waals surface area contributed by atoms with E-state index in [0.717, 1.165) is 17.7 Å². The predicted octanol–water partition coefficient (Wildman–Crippen LogP) is 3.22. The van der Waals surface area contributed by atoms with Crippen molar-refractivity contribution in [1.29, 1.82) is 0 Å². The van der Waals surface area contributed by atoms with Crippen LogP contribution in [0.4, 0.5) is 5.95 Å². The summed E-state index contributed by atoms with van der Waals surface area (Å²) in [6.45, 7) is -0.405. The first kappa shape index (κ1) is 18.6. The van der Waals surface area contributed by atoms with Crippen molar-refractivity contribution in [2.24, 2.45) is 0 Å². The summed E-state index contributed by atoms with van der Waals surface area (Å²) in [5.74, 6) is 0.276. The van der Waals surface area contributed by atoms with Gasteiger partial charge in [0, 0.05) is 28.5 Å².